The molecule has 1 amide bonds. The van der Waals surface area contributed by atoms with Crippen molar-refractivity contribution in [3.63, 3.8) is 0 Å². The van der Waals surface area contributed by atoms with E-state index in [1.165, 1.54) is 32.7 Å². The molecule has 1 fully saturated rings. The topological polar surface area (TPSA) is 72.3 Å². The molecule has 0 saturated heterocycles. The number of carbonyl (C=O) groups excluding carboxylic acids is 1. The Kier molecular flexibility index (Phi) is 9.18. The summed E-state index contributed by atoms with van der Waals surface area (Å²) < 4.78 is 41.6. The van der Waals surface area contributed by atoms with Crippen molar-refractivity contribution in [2.24, 2.45) is 21.8 Å². The molecule has 198 valence electrons. The number of rotatable bonds is 9. The molecule has 0 heterocycles. The van der Waals surface area contributed by atoms with Crippen LogP contribution in [0.2, 0.25) is 0 Å². The fourth-order valence-corrected chi connectivity index (χ4v) is 4.39. The van der Waals surface area contributed by atoms with Crippen molar-refractivity contribution in [2.45, 2.75) is 51.6 Å². The molecule has 1 aromatic rings. The van der Waals surface area contributed by atoms with E-state index in [4.69, 9.17) is 9.47 Å². The van der Waals surface area contributed by atoms with E-state index in [2.05, 4.69) is 40.6 Å². The Morgan fingerprint density at radius 3 is 2.76 bits per heavy atom. The number of amidine groups is 1. The maximum atomic E-state index is 15.0. The molecule has 2 aliphatic carbocycles. The van der Waals surface area contributed by atoms with E-state index in [-0.39, 0.29) is 23.7 Å². The van der Waals surface area contributed by atoms with E-state index in [9.17, 15) is 4.79 Å². The van der Waals surface area contributed by atoms with E-state index in [1.807, 2.05) is 6.08 Å². The lowest BCUT2D eigenvalue weighted by Gasteiger charge is -2.26. The predicted octanol–water partition coefficient (Wildman–Crippen LogP) is 6.59. The first-order chi connectivity index (χ1) is 17.6. The molecule has 0 aliphatic heterocycles. The highest BCUT2D eigenvalue weighted by atomic mass is 19.3. The summed E-state index contributed by atoms with van der Waals surface area (Å²) in [6, 6.07) is 4.76. The van der Waals surface area contributed by atoms with Gasteiger partial charge in [0.1, 0.15) is 17.5 Å². The van der Waals surface area contributed by atoms with Crippen LogP contribution in [0.25, 0.3) is 0 Å². The number of ether oxygens (including phenoxy) is 2. The highest BCUT2D eigenvalue weighted by molar-refractivity contribution is 6.06. The number of aliphatic imine (C=N–C) groups is 2. The first-order valence-corrected chi connectivity index (χ1v) is 12.3. The summed E-state index contributed by atoms with van der Waals surface area (Å²) in [6.07, 6.45) is 8.98. The number of nitrogens with zero attached hydrogens (tertiary/aromatic N) is 2. The number of allylic oxidation sites excluding steroid dienone is 4. The van der Waals surface area contributed by atoms with Crippen molar-refractivity contribution in [1.82, 2.24) is 5.32 Å². The molecule has 37 heavy (non-hydrogen) atoms. The van der Waals surface area contributed by atoms with Gasteiger partial charge >= 0.3 is 0 Å². The Balaban J connectivity index is 2.01. The SMILES string of the molecule is C=CCC(F)(F)C(C)C(=NC(=Nc1ccc(C(=O)NC)cc1OC)C(=C)C)OC1CC2=CC=CCC2C1. The van der Waals surface area contributed by atoms with Gasteiger partial charge in [0.2, 0.25) is 0 Å². The average Bonchev–Trinajstić information content (AvgIpc) is 3.29. The largest absolute Gasteiger partial charge is 0.494 e. The number of carbonyl (C=O) groups is 1. The molecule has 3 atom stereocenters. The Bertz CT molecular complexity index is 1170. The summed E-state index contributed by atoms with van der Waals surface area (Å²) in [5, 5.41) is 2.56. The van der Waals surface area contributed by atoms with Gasteiger partial charge in [0.25, 0.3) is 11.8 Å². The van der Waals surface area contributed by atoms with Crippen LogP contribution in [0.5, 0.6) is 5.75 Å². The minimum atomic E-state index is -3.11. The van der Waals surface area contributed by atoms with Crippen molar-refractivity contribution in [3.05, 3.63) is 72.4 Å². The van der Waals surface area contributed by atoms with Crippen molar-refractivity contribution in [2.75, 3.05) is 14.2 Å². The molecule has 3 rings (SSSR count). The normalized spacial score (nSPS) is 20.5. The molecule has 8 heteroatoms. The zero-order valence-corrected chi connectivity index (χ0v) is 21.9. The van der Waals surface area contributed by atoms with Gasteiger partial charge in [-0.05, 0) is 56.4 Å². The van der Waals surface area contributed by atoms with Gasteiger partial charge in [-0.3, -0.25) is 4.79 Å². The maximum absolute atomic E-state index is 15.0. The minimum Gasteiger partial charge on any atom is -0.494 e. The molecule has 6 nitrogen and oxygen atoms in total. The molecule has 1 N–H and O–H groups in total. The highest BCUT2D eigenvalue weighted by Crippen LogP contribution is 2.39. The summed E-state index contributed by atoms with van der Waals surface area (Å²) in [6.45, 7) is 10.5. The van der Waals surface area contributed by atoms with E-state index >= 15 is 8.78 Å². The van der Waals surface area contributed by atoms with Gasteiger partial charge in [0.15, 0.2) is 11.7 Å². The van der Waals surface area contributed by atoms with Gasteiger partial charge in [-0.2, -0.15) is 4.99 Å². The van der Waals surface area contributed by atoms with Crippen LogP contribution in [0, 0.1) is 11.8 Å². The zero-order chi connectivity index (χ0) is 27.2. The standard InChI is InChI=1S/C29H35F2N3O3/c1-7-14-29(30,31)19(4)28(37-23-15-20-10-8-9-11-21(20)16-23)34-26(18(2)3)33-24-13-12-22(27(35)32-5)17-25(24)36-6/h7-10,12-13,17,19,21,23H,1-2,11,14-16H2,3-6H3,(H,32,35). The minimum absolute atomic E-state index is 0.0910. The number of nitrogens with one attached hydrogen (secondary N) is 1. The van der Waals surface area contributed by atoms with Crippen molar-refractivity contribution in [3.8, 4) is 5.75 Å². The number of benzene rings is 1. The number of halogens is 2. The fourth-order valence-electron chi connectivity index (χ4n) is 4.39. The number of hydrogen-bond acceptors (Lipinski definition) is 4. The van der Waals surface area contributed by atoms with Gasteiger partial charge in [0, 0.05) is 25.5 Å². The average molecular weight is 512 g/mol. The monoisotopic (exact) mass is 511 g/mol. The second-order valence-corrected chi connectivity index (χ2v) is 9.39. The van der Waals surface area contributed by atoms with Crippen LogP contribution in [0.1, 0.15) is 49.9 Å². The van der Waals surface area contributed by atoms with Gasteiger partial charge in [-0.25, -0.2) is 13.8 Å². The molecule has 0 radical (unpaired) electrons. The van der Waals surface area contributed by atoms with E-state index in [1.54, 1.807) is 25.1 Å². The van der Waals surface area contributed by atoms with E-state index in [0.717, 1.165) is 12.8 Å². The number of fused-ring (bicyclic) bond motifs is 1. The third-order valence-electron chi connectivity index (χ3n) is 6.60. The Morgan fingerprint density at radius 1 is 1.38 bits per heavy atom. The second kappa shape index (κ2) is 12.1. The van der Waals surface area contributed by atoms with Gasteiger partial charge < -0.3 is 14.8 Å². The van der Waals surface area contributed by atoms with Crippen LogP contribution >= 0.6 is 0 Å². The lowest BCUT2D eigenvalue weighted by atomic mass is 9.95. The Hall–Kier alpha value is -3.55. The third kappa shape index (κ3) is 6.81. The highest BCUT2D eigenvalue weighted by Gasteiger charge is 2.41. The number of alkyl halides is 2. The van der Waals surface area contributed by atoms with Crippen LogP contribution in [0.4, 0.5) is 14.5 Å². The molecule has 1 aromatic carbocycles. The second-order valence-electron chi connectivity index (χ2n) is 9.39. The van der Waals surface area contributed by atoms with Gasteiger partial charge in [0.05, 0.1) is 13.0 Å². The number of amides is 1. The Labute approximate surface area is 217 Å². The molecule has 0 bridgehead atoms. The molecule has 0 aromatic heterocycles. The van der Waals surface area contributed by atoms with Crippen LogP contribution in [-0.2, 0) is 4.74 Å². The van der Waals surface area contributed by atoms with Crippen molar-refractivity contribution in [1.29, 1.82) is 0 Å². The van der Waals surface area contributed by atoms with Crippen molar-refractivity contribution < 1.29 is 23.0 Å². The molecule has 3 unspecified atom stereocenters. The summed E-state index contributed by atoms with van der Waals surface area (Å²) >= 11 is 0. The molecular weight excluding hydrogens is 476 g/mol. The summed E-state index contributed by atoms with van der Waals surface area (Å²) in [4.78, 5) is 21.1. The summed E-state index contributed by atoms with van der Waals surface area (Å²) in [5.74, 6) is -3.96. The molecule has 0 spiro atoms. The zero-order valence-electron chi connectivity index (χ0n) is 21.9. The smallest absolute Gasteiger partial charge is 0.262 e. The summed E-state index contributed by atoms with van der Waals surface area (Å²) in [7, 11) is 2.99. The first kappa shape index (κ1) is 28.0. The molecule has 2 aliphatic rings. The van der Waals surface area contributed by atoms with Crippen LogP contribution in [0.3, 0.4) is 0 Å². The van der Waals surface area contributed by atoms with Crippen LogP contribution in [-0.4, -0.2) is 43.8 Å². The lowest BCUT2D eigenvalue weighted by molar-refractivity contribution is -0.0333. The summed E-state index contributed by atoms with van der Waals surface area (Å²) in [5.41, 5.74) is 2.51. The predicted molar refractivity (Wildman–Crippen MR) is 144 cm³/mol. The van der Waals surface area contributed by atoms with Gasteiger partial charge in [-0.15, -0.1) is 6.58 Å². The number of methoxy groups -OCH3 is 1. The van der Waals surface area contributed by atoms with Gasteiger partial charge in [-0.1, -0.05) is 36.5 Å². The van der Waals surface area contributed by atoms with Crippen molar-refractivity contribution >= 4 is 23.3 Å². The van der Waals surface area contributed by atoms with Crippen LogP contribution < -0.4 is 10.1 Å². The maximum Gasteiger partial charge on any atom is 0.262 e. The van der Waals surface area contributed by atoms with E-state index < -0.39 is 18.3 Å². The third-order valence-corrected chi connectivity index (χ3v) is 6.60. The Morgan fingerprint density at radius 2 is 2.14 bits per heavy atom. The molecule has 1 saturated carbocycles. The molecular formula is C29H35F2N3O3. The van der Waals surface area contributed by atoms with E-state index in [0.29, 0.717) is 34.9 Å². The first-order valence-electron chi connectivity index (χ1n) is 12.3. The number of hydrogen-bond donors (Lipinski definition) is 1. The fraction of sp³-hybridized carbons (Fsp3) is 0.414. The lowest BCUT2D eigenvalue weighted by Crippen LogP contribution is -2.35. The van der Waals surface area contributed by atoms with Crippen LogP contribution in [0.15, 0.2) is 76.8 Å². The quantitative estimate of drug-likeness (QED) is 0.231.